The molecule has 0 aromatic carbocycles. The molecule has 0 radical (unpaired) electrons. The van der Waals surface area contributed by atoms with Crippen molar-refractivity contribution in [3.63, 3.8) is 0 Å². The first-order valence-electron chi connectivity index (χ1n) is 10.4. The average molecular weight is 377 g/mol. The molecule has 2 unspecified atom stereocenters. The topological polar surface area (TPSA) is 55.0 Å². The van der Waals surface area contributed by atoms with Gasteiger partial charge < -0.3 is 9.72 Å². The Hall–Kier alpha value is -1.32. The van der Waals surface area contributed by atoms with E-state index in [0.717, 1.165) is 18.5 Å². The molecule has 27 heavy (non-hydrogen) atoms. The fraction of sp³-hybridized carbons (Fsp3) is 0.826. The Morgan fingerprint density at radius 1 is 1.04 bits per heavy atom. The molecule has 0 bridgehead atoms. The molecule has 4 heteroatoms. The van der Waals surface area contributed by atoms with Crippen molar-refractivity contribution in [2.45, 2.75) is 93.6 Å². The Morgan fingerprint density at radius 2 is 1.52 bits per heavy atom. The number of imidazole rings is 1. The highest BCUT2D eigenvalue weighted by Crippen LogP contribution is 2.50. The highest BCUT2D eigenvalue weighted by atomic mass is 16.5. The Bertz CT molecular complexity index is 637. The molecule has 1 N–H and O–H groups in total. The van der Waals surface area contributed by atoms with Crippen LogP contribution in [-0.2, 0) is 14.9 Å². The van der Waals surface area contributed by atoms with Gasteiger partial charge in [0.1, 0.15) is 17.3 Å². The van der Waals surface area contributed by atoms with Crippen LogP contribution in [0.25, 0.3) is 0 Å². The van der Waals surface area contributed by atoms with Gasteiger partial charge in [-0.1, -0.05) is 48.5 Å². The van der Waals surface area contributed by atoms with Crippen molar-refractivity contribution in [2.75, 3.05) is 0 Å². The first kappa shape index (κ1) is 22.0. The van der Waals surface area contributed by atoms with E-state index in [0.29, 0.717) is 23.6 Å². The number of hydrogen-bond donors (Lipinski definition) is 1. The predicted molar refractivity (Wildman–Crippen MR) is 111 cm³/mol. The van der Waals surface area contributed by atoms with Crippen molar-refractivity contribution >= 4 is 5.97 Å². The van der Waals surface area contributed by atoms with Gasteiger partial charge in [-0.15, -0.1) is 0 Å². The van der Waals surface area contributed by atoms with Gasteiger partial charge in [0.05, 0.1) is 0 Å². The van der Waals surface area contributed by atoms with Gasteiger partial charge in [-0.2, -0.15) is 0 Å². The molecule has 1 aliphatic rings. The van der Waals surface area contributed by atoms with E-state index in [9.17, 15) is 4.79 Å². The summed E-state index contributed by atoms with van der Waals surface area (Å²) in [5.74, 6) is 1.84. The number of esters is 1. The third-order valence-corrected chi connectivity index (χ3v) is 6.38. The number of carbonyl (C=O) groups excluding carboxylic acids is 1. The summed E-state index contributed by atoms with van der Waals surface area (Å²) in [5.41, 5.74) is 0.350. The van der Waals surface area contributed by atoms with Gasteiger partial charge in [-0.05, 0) is 50.4 Å². The van der Waals surface area contributed by atoms with Gasteiger partial charge in [-0.25, -0.2) is 4.98 Å². The van der Waals surface area contributed by atoms with Crippen LogP contribution < -0.4 is 0 Å². The number of aromatic amines is 1. The second-order valence-corrected chi connectivity index (χ2v) is 11.4. The second-order valence-electron chi connectivity index (χ2n) is 11.4. The molecule has 4 nitrogen and oxygen atoms in total. The van der Waals surface area contributed by atoms with Crippen LogP contribution in [0, 0.1) is 35.5 Å². The van der Waals surface area contributed by atoms with E-state index in [1.54, 1.807) is 6.20 Å². The van der Waals surface area contributed by atoms with E-state index in [1.807, 2.05) is 20.8 Å². The number of nitrogens with zero attached hydrogens (tertiary/aromatic N) is 1. The summed E-state index contributed by atoms with van der Waals surface area (Å²) in [5, 5.41) is 0. The molecule has 0 aliphatic heterocycles. The molecule has 1 aromatic heterocycles. The molecule has 1 heterocycles. The lowest BCUT2D eigenvalue weighted by Crippen LogP contribution is -2.51. The summed E-state index contributed by atoms with van der Waals surface area (Å²) in [4.78, 5) is 20.9. The fourth-order valence-corrected chi connectivity index (χ4v) is 4.47. The van der Waals surface area contributed by atoms with Crippen molar-refractivity contribution in [1.29, 1.82) is 0 Å². The molecule has 154 valence electrons. The van der Waals surface area contributed by atoms with Crippen LogP contribution in [0.15, 0.2) is 6.20 Å². The van der Waals surface area contributed by atoms with Gasteiger partial charge in [0.25, 0.3) is 0 Å². The number of ether oxygens (including phenoxy) is 1. The van der Waals surface area contributed by atoms with Crippen molar-refractivity contribution in [1.82, 2.24) is 9.97 Å². The van der Waals surface area contributed by atoms with E-state index in [2.05, 4.69) is 58.4 Å². The molecule has 0 saturated heterocycles. The Labute approximate surface area is 165 Å². The molecule has 0 amide bonds. The van der Waals surface area contributed by atoms with E-state index in [1.165, 1.54) is 0 Å². The third-order valence-electron chi connectivity index (χ3n) is 6.38. The maximum Gasteiger partial charge on any atom is 0.319 e. The lowest BCUT2D eigenvalue weighted by molar-refractivity contribution is -0.175. The quantitative estimate of drug-likeness (QED) is 0.692. The third kappa shape index (κ3) is 4.75. The standard InChI is InChI=1S/C23H40N2O2/c1-14-11-16(21(3,4)5)18(17(12-14)22(6,7)8)27-20(26)23(9,10)19-24-13-15(2)25-19/h13-14,16-18H,11-12H2,1-10H3,(H,24,25). The van der Waals surface area contributed by atoms with Gasteiger partial charge in [-0.3, -0.25) is 4.79 Å². The molecule has 1 saturated carbocycles. The lowest BCUT2D eigenvalue weighted by Gasteiger charge is -2.50. The largest absolute Gasteiger partial charge is 0.461 e. The maximum absolute atomic E-state index is 13.3. The summed E-state index contributed by atoms with van der Waals surface area (Å²) in [7, 11) is 0. The maximum atomic E-state index is 13.3. The second kappa shape index (κ2) is 7.25. The number of rotatable bonds is 3. The monoisotopic (exact) mass is 376 g/mol. The minimum Gasteiger partial charge on any atom is -0.461 e. The van der Waals surface area contributed by atoms with Crippen LogP contribution in [-0.4, -0.2) is 22.0 Å². The molecule has 1 aliphatic carbocycles. The zero-order valence-corrected chi connectivity index (χ0v) is 19.1. The molecule has 1 aromatic rings. The summed E-state index contributed by atoms with van der Waals surface area (Å²) in [6, 6.07) is 0. The molecule has 1 fully saturated rings. The van der Waals surface area contributed by atoms with E-state index >= 15 is 0 Å². The SMILES string of the molecule is Cc1cnc(C(C)(C)C(=O)OC2C(C(C)(C)C)CC(C)CC2C(C)(C)C)[nH]1. The number of carbonyl (C=O) groups is 1. The zero-order chi connectivity index (χ0) is 20.8. The number of hydrogen-bond acceptors (Lipinski definition) is 3. The van der Waals surface area contributed by atoms with Crippen LogP contribution in [0.3, 0.4) is 0 Å². The zero-order valence-electron chi connectivity index (χ0n) is 19.1. The van der Waals surface area contributed by atoms with Crippen LogP contribution in [0.2, 0.25) is 0 Å². The Morgan fingerprint density at radius 3 is 1.89 bits per heavy atom. The van der Waals surface area contributed by atoms with E-state index in [4.69, 9.17) is 4.74 Å². The summed E-state index contributed by atoms with van der Waals surface area (Å²) < 4.78 is 6.35. The number of aromatic nitrogens is 2. The minimum atomic E-state index is -0.789. The minimum absolute atomic E-state index is 0.0657. The molecular weight excluding hydrogens is 336 g/mol. The van der Waals surface area contributed by atoms with Crippen molar-refractivity contribution in [2.24, 2.45) is 28.6 Å². The van der Waals surface area contributed by atoms with Crippen molar-refractivity contribution in [3.05, 3.63) is 17.7 Å². The summed E-state index contributed by atoms with van der Waals surface area (Å²) in [6.07, 6.45) is 3.91. The highest BCUT2D eigenvalue weighted by Gasteiger charge is 2.49. The summed E-state index contributed by atoms with van der Waals surface area (Å²) >= 11 is 0. The van der Waals surface area contributed by atoms with Gasteiger partial charge >= 0.3 is 5.97 Å². The number of H-pyrrole nitrogens is 1. The van der Waals surface area contributed by atoms with Crippen molar-refractivity contribution < 1.29 is 9.53 Å². The number of nitrogens with one attached hydrogen (secondary N) is 1. The van der Waals surface area contributed by atoms with Crippen LogP contribution in [0.1, 0.15) is 86.7 Å². The van der Waals surface area contributed by atoms with Gasteiger partial charge in [0, 0.05) is 23.7 Å². The van der Waals surface area contributed by atoms with E-state index in [-0.39, 0.29) is 22.9 Å². The predicted octanol–water partition coefficient (Wildman–Crippen LogP) is 5.66. The smallest absolute Gasteiger partial charge is 0.319 e. The van der Waals surface area contributed by atoms with Crippen LogP contribution >= 0.6 is 0 Å². The van der Waals surface area contributed by atoms with E-state index < -0.39 is 5.41 Å². The first-order valence-corrected chi connectivity index (χ1v) is 10.4. The van der Waals surface area contributed by atoms with Crippen LogP contribution in [0.4, 0.5) is 0 Å². The van der Waals surface area contributed by atoms with Crippen molar-refractivity contribution in [3.8, 4) is 0 Å². The average Bonchev–Trinajstić information content (AvgIpc) is 2.93. The lowest BCUT2D eigenvalue weighted by atomic mass is 9.59. The fourth-order valence-electron chi connectivity index (χ4n) is 4.47. The van der Waals surface area contributed by atoms with Gasteiger partial charge in [0.2, 0.25) is 0 Å². The van der Waals surface area contributed by atoms with Gasteiger partial charge in [0.15, 0.2) is 0 Å². The van der Waals surface area contributed by atoms with Crippen LogP contribution in [0.5, 0.6) is 0 Å². The number of aryl methyl sites for hydroxylation is 1. The normalized spacial score (nSPS) is 27.5. The first-order chi connectivity index (χ1) is 12.1. The highest BCUT2D eigenvalue weighted by molar-refractivity contribution is 5.81. The Kier molecular flexibility index (Phi) is 5.90. The Balaban J connectivity index is 2.36. The molecule has 2 atom stereocenters. The molecular formula is C23H40N2O2. The molecule has 2 rings (SSSR count). The summed E-state index contributed by atoms with van der Waals surface area (Å²) in [6.45, 7) is 21.7. The molecule has 0 spiro atoms.